The monoisotopic (exact) mass is 760 g/mol. The fourth-order valence-electron chi connectivity index (χ4n) is 8.81. The summed E-state index contributed by atoms with van der Waals surface area (Å²) >= 11 is 0. The first-order valence-corrected chi connectivity index (χ1v) is 19.9. The maximum Gasteiger partial charge on any atom is 0.351 e. The van der Waals surface area contributed by atoms with Crippen LogP contribution in [0.25, 0.3) is 0 Å². The minimum Gasteiger partial charge on any atom is -0.389 e. The molecule has 0 spiro atoms. The molecule has 0 aromatic carbocycles. The predicted molar refractivity (Wildman–Crippen MR) is 213 cm³/mol. The van der Waals surface area contributed by atoms with Crippen LogP contribution in [0.3, 0.4) is 0 Å². The van der Waals surface area contributed by atoms with E-state index in [1.807, 2.05) is 0 Å². The molecule has 2 N–H and O–H groups in total. The van der Waals surface area contributed by atoms with Crippen LogP contribution < -0.4 is 11.0 Å². The molecule has 5 rings (SSSR count). The van der Waals surface area contributed by atoms with Crippen molar-refractivity contribution in [3.8, 4) is 0 Å². The summed E-state index contributed by atoms with van der Waals surface area (Å²) in [6, 6.07) is 2.02. The highest BCUT2D eigenvalue weighted by Gasteiger charge is 2.60. The van der Waals surface area contributed by atoms with Crippen LogP contribution in [0, 0.1) is 35.5 Å². The molecule has 3 aliphatic heterocycles. The summed E-state index contributed by atoms with van der Waals surface area (Å²) in [5.41, 5.74) is -1.08. The highest BCUT2D eigenvalue weighted by molar-refractivity contribution is 7.59. The number of hydrogen-bond acceptors (Lipinski definition) is 8. The van der Waals surface area contributed by atoms with Gasteiger partial charge in [-0.1, -0.05) is 89.0 Å². The van der Waals surface area contributed by atoms with Crippen molar-refractivity contribution in [2.24, 2.45) is 35.5 Å². The predicted octanol–water partition coefficient (Wildman–Crippen LogP) is 8.14. The fourth-order valence-corrected chi connectivity index (χ4v) is 11.2. The van der Waals surface area contributed by atoms with Gasteiger partial charge < -0.3 is 24.2 Å². The van der Waals surface area contributed by atoms with E-state index in [0.717, 1.165) is 19.4 Å². The second-order valence-corrected chi connectivity index (χ2v) is 17.4. The Labute approximate surface area is 317 Å². The van der Waals surface area contributed by atoms with Crippen molar-refractivity contribution < 1.29 is 23.7 Å². The first-order valence-electron chi connectivity index (χ1n) is 18.8. The fraction of sp³-hybridized carbons (Fsp3) is 0.865. The van der Waals surface area contributed by atoms with E-state index < -0.39 is 26.0 Å². The number of nitrogens with one attached hydrogen (secondary N) is 1. The number of carbonyl (C=O) groups is 1. The standard InChI is InChI=1S/C25H41N4O5P.C12H24O.2H2S/c1-8-18-19(33-35-29-12-9-10-20(29)25(34-35,16(4)5)17(6)7)14-22(32-18)28-13-11-21(27-24(28)31)26-23(30)15(2)3;1-9(2)12(13,10(3)4)11-7-5-6-8-11;;/h11,13,15-20,22H,8-10,12,14H2,1-7H3,(H,26,27,30,31);9-11,13H,5-8H2,1-4H3;2*1H2/t18-,19?,20+,22-,35?;;;/m1.../s1. The Morgan fingerprint density at radius 3 is 2.14 bits per heavy atom. The molecule has 4 fully saturated rings. The van der Waals surface area contributed by atoms with Gasteiger partial charge in [0.15, 0.2) is 0 Å². The quantitative estimate of drug-likeness (QED) is 0.218. The smallest absolute Gasteiger partial charge is 0.351 e. The second-order valence-electron chi connectivity index (χ2n) is 16.1. The molecule has 5 atom stereocenters. The van der Waals surface area contributed by atoms with E-state index in [9.17, 15) is 14.7 Å². The van der Waals surface area contributed by atoms with Gasteiger partial charge in [-0.25, -0.2) is 9.46 Å². The van der Waals surface area contributed by atoms with E-state index in [-0.39, 0.29) is 62.4 Å². The highest BCUT2D eigenvalue weighted by atomic mass is 32.1. The van der Waals surface area contributed by atoms with Crippen molar-refractivity contribution in [1.82, 2.24) is 14.2 Å². The zero-order valence-corrected chi connectivity index (χ0v) is 35.5. The highest BCUT2D eigenvalue weighted by Crippen LogP contribution is 2.64. The number of anilines is 1. The summed E-state index contributed by atoms with van der Waals surface area (Å²) in [6.45, 7) is 24.3. The average Bonchev–Trinajstić information content (AvgIpc) is 3.83. The summed E-state index contributed by atoms with van der Waals surface area (Å²) in [7, 11) is -1.20. The molecule has 0 bridgehead atoms. The summed E-state index contributed by atoms with van der Waals surface area (Å²) in [4.78, 5) is 28.8. The summed E-state index contributed by atoms with van der Waals surface area (Å²) in [5, 5.41) is 13.3. The zero-order valence-electron chi connectivity index (χ0n) is 32.6. The largest absolute Gasteiger partial charge is 0.389 e. The van der Waals surface area contributed by atoms with Crippen molar-refractivity contribution in [1.29, 1.82) is 0 Å². The number of ether oxygens (including phenoxy) is 1. The van der Waals surface area contributed by atoms with Crippen LogP contribution in [0.2, 0.25) is 0 Å². The first kappa shape index (κ1) is 45.4. The van der Waals surface area contributed by atoms with Crippen LogP contribution in [0.1, 0.15) is 134 Å². The Hall–Kier alpha value is -0.720. The molecule has 3 saturated heterocycles. The van der Waals surface area contributed by atoms with Gasteiger partial charge in [-0.05, 0) is 67.8 Å². The molecule has 4 aliphatic rings. The van der Waals surface area contributed by atoms with Gasteiger partial charge in [0, 0.05) is 31.1 Å². The van der Waals surface area contributed by atoms with Gasteiger partial charge in [0.25, 0.3) is 8.53 Å². The summed E-state index contributed by atoms with van der Waals surface area (Å²) in [6.07, 6.45) is 9.59. The number of hydrogen-bond donors (Lipinski definition) is 2. The van der Waals surface area contributed by atoms with Crippen molar-refractivity contribution in [3.63, 3.8) is 0 Å². The van der Waals surface area contributed by atoms with Crippen molar-refractivity contribution in [2.45, 2.75) is 163 Å². The number of nitrogens with zero attached hydrogens (tertiary/aromatic N) is 3. The molecular formula is C37H69N4O6PS2. The number of rotatable bonds is 11. The summed E-state index contributed by atoms with van der Waals surface area (Å²) < 4.78 is 23.7. The van der Waals surface area contributed by atoms with E-state index in [1.165, 1.54) is 36.7 Å². The van der Waals surface area contributed by atoms with Gasteiger partial charge in [0.05, 0.1) is 23.4 Å². The Balaban J connectivity index is 0.000000490. The number of aromatic nitrogens is 2. The molecule has 50 heavy (non-hydrogen) atoms. The Morgan fingerprint density at radius 1 is 1.04 bits per heavy atom. The first-order chi connectivity index (χ1) is 22.6. The lowest BCUT2D eigenvalue weighted by atomic mass is 9.70. The minimum absolute atomic E-state index is 0. The van der Waals surface area contributed by atoms with Crippen molar-refractivity contribution >= 4 is 47.2 Å². The molecule has 0 radical (unpaired) electrons. The van der Waals surface area contributed by atoms with E-state index in [0.29, 0.717) is 42.1 Å². The lowest BCUT2D eigenvalue weighted by Gasteiger charge is -2.41. The SMILES string of the molecule is CC(C)C(O)(C(C)C)C1CCCC1.CC[C@H]1O[C@@H](n2ccc(NC(=O)C(C)C)nc2=O)CC1OP1OC(C(C)C)(C(C)C)[C@@H]2CCCN21.S.S. The van der Waals surface area contributed by atoms with Crippen LogP contribution in [0.15, 0.2) is 17.1 Å². The number of fused-ring (bicyclic) bond motifs is 1. The van der Waals surface area contributed by atoms with Gasteiger partial charge in [0.2, 0.25) is 5.91 Å². The normalized spacial score (nSPS) is 26.7. The molecule has 2 unspecified atom stereocenters. The molecule has 1 aromatic heterocycles. The number of amides is 1. The Kier molecular flexibility index (Phi) is 17.3. The minimum atomic E-state index is -1.20. The Bertz CT molecular complexity index is 1260. The Morgan fingerprint density at radius 2 is 1.64 bits per heavy atom. The molecule has 13 heteroatoms. The third-order valence-electron chi connectivity index (χ3n) is 11.6. The van der Waals surface area contributed by atoms with E-state index in [1.54, 1.807) is 26.1 Å². The topological polar surface area (TPSA) is 115 Å². The molecular weight excluding hydrogens is 692 g/mol. The van der Waals surface area contributed by atoms with Crippen LogP contribution in [-0.4, -0.2) is 61.2 Å². The lowest BCUT2D eigenvalue weighted by molar-refractivity contribution is -0.118. The van der Waals surface area contributed by atoms with Gasteiger partial charge in [-0.2, -0.15) is 32.0 Å². The third kappa shape index (κ3) is 9.31. The average molecular weight is 761 g/mol. The molecule has 1 aromatic rings. The molecule has 10 nitrogen and oxygen atoms in total. The maximum absolute atomic E-state index is 12.8. The zero-order chi connectivity index (χ0) is 35.6. The molecule has 1 saturated carbocycles. The molecule has 4 heterocycles. The van der Waals surface area contributed by atoms with Crippen LogP contribution >= 0.6 is 35.5 Å². The second kappa shape index (κ2) is 19.0. The maximum atomic E-state index is 12.8. The van der Waals surface area contributed by atoms with Gasteiger partial charge in [0.1, 0.15) is 12.0 Å². The van der Waals surface area contributed by atoms with Gasteiger partial charge >= 0.3 is 5.69 Å². The molecule has 290 valence electrons. The van der Waals surface area contributed by atoms with E-state index >= 15 is 0 Å². The van der Waals surface area contributed by atoms with E-state index in [4.69, 9.17) is 13.8 Å². The third-order valence-corrected chi connectivity index (χ3v) is 13.4. The van der Waals surface area contributed by atoms with Gasteiger partial charge in [-0.3, -0.25) is 9.36 Å². The van der Waals surface area contributed by atoms with Crippen molar-refractivity contribution in [3.05, 3.63) is 22.7 Å². The van der Waals surface area contributed by atoms with E-state index in [2.05, 4.69) is 77.3 Å². The van der Waals surface area contributed by atoms with Crippen LogP contribution in [0.4, 0.5) is 5.82 Å². The molecule has 1 aliphatic carbocycles. The number of carbonyl (C=O) groups excluding carboxylic acids is 1. The van der Waals surface area contributed by atoms with Crippen LogP contribution in [-0.2, 0) is 18.6 Å². The summed E-state index contributed by atoms with van der Waals surface area (Å²) in [5.74, 6) is 1.98. The molecule has 1 amide bonds. The van der Waals surface area contributed by atoms with Gasteiger partial charge in [-0.15, -0.1) is 0 Å². The van der Waals surface area contributed by atoms with Crippen molar-refractivity contribution in [2.75, 3.05) is 11.9 Å². The number of aliphatic hydroxyl groups is 1. The lowest BCUT2D eigenvalue weighted by Crippen LogP contribution is -2.50. The van der Waals surface area contributed by atoms with Crippen LogP contribution in [0.5, 0.6) is 0 Å².